The van der Waals surface area contributed by atoms with Crippen molar-refractivity contribution in [3.05, 3.63) is 23.8 Å². The molecular weight excluding hydrogens is 262 g/mol. The van der Waals surface area contributed by atoms with Crippen molar-refractivity contribution >= 4 is 32.6 Å². The normalized spacial score (nSPS) is 17.0. The average molecular weight is 276 g/mol. The van der Waals surface area contributed by atoms with E-state index in [2.05, 4.69) is 16.0 Å². The number of nitrogens with two attached hydrogens (primary N) is 1. The van der Waals surface area contributed by atoms with Gasteiger partial charge in [-0.05, 0) is 25.0 Å². The molecule has 99 valence electrons. The highest BCUT2D eigenvalue weighted by atomic mass is 32.1. The average Bonchev–Trinajstić information content (AvgIpc) is 2.82. The molecular formula is C13H14N3O2S. The second-order valence-corrected chi connectivity index (χ2v) is 5.65. The number of hydrogen-bond donors (Lipinski definition) is 2. The molecule has 1 aliphatic rings. The number of fused-ring (bicyclic) bond motifs is 1. The smallest absolute Gasteiger partial charge is 0.251 e. The molecule has 1 radical (unpaired) electrons. The molecule has 1 saturated heterocycles. The fraction of sp³-hybridized carbons (Fsp3) is 0.385. The molecule has 1 amide bonds. The predicted molar refractivity (Wildman–Crippen MR) is 74.4 cm³/mol. The van der Waals surface area contributed by atoms with Crippen molar-refractivity contribution in [1.82, 2.24) is 4.98 Å². The molecule has 3 rings (SSSR count). The largest absolute Gasteiger partial charge is 0.393 e. The minimum atomic E-state index is -0.503. The lowest BCUT2D eigenvalue weighted by molar-refractivity contribution is 0.100. The molecule has 1 fully saturated rings. The molecule has 0 atom stereocenters. The van der Waals surface area contributed by atoms with Crippen LogP contribution in [0, 0.1) is 6.07 Å². The van der Waals surface area contributed by atoms with Gasteiger partial charge in [0.05, 0.1) is 21.9 Å². The molecule has 0 bridgehead atoms. The Hall–Kier alpha value is -1.66. The molecule has 0 spiro atoms. The van der Waals surface area contributed by atoms with Crippen molar-refractivity contribution in [3.8, 4) is 0 Å². The summed E-state index contributed by atoms with van der Waals surface area (Å²) in [4.78, 5) is 18.0. The van der Waals surface area contributed by atoms with Crippen molar-refractivity contribution in [2.75, 3.05) is 18.0 Å². The number of hydrogen-bond acceptors (Lipinski definition) is 5. The number of anilines is 1. The van der Waals surface area contributed by atoms with Crippen LogP contribution in [0.1, 0.15) is 23.2 Å². The molecule has 1 aromatic heterocycles. The summed E-state index contributed by atoms with van der Waals surface area (Å²) in [5, 5.41) is 10.4. The lowest BCUT2D eigenvalue weighted by Crippen LogP contribution is -2.35. The van der Waals surface area contributed by atoms with Gasteiger partial charge in [-0.3, -0.25) is 4.79 Å². The van der Waals surface area contributed by atoms with Gasteiger partial charge in [-0.25, -0.2) is 4.98 Å². The summed E-state index contributed by atoms with van der Waals surface area (Å²) in [5.74, 6) is -0.503. The van der Waals surface area contributed by atoms with E-state index in [1.807, 2.05) is 6.07 Å². The zero-order valence-electron chi connectivity index (χ0n) is 10.3. The van der Waals surface area contributed by atoms with Gasteiger partial charge < -0.3 is 15.7 Å². The lowest BCUT2D eigenvalue weighted by atomic mass is 10.1. The molecule has 1 aromatic carbocycles. The fourth-order valence-corrected chi connectivity index (χ4v) is 3.29. The number of carbonyl (C=O) groups excluding carboxylic acids is 1. The van der Waals surface area contributed by atoms with Gasteiger partial charge in [-0.2, -0.15) is 0 Å². The summed E-state index contributed by atoms with van der Waals surface area (Å²) in [5.41, 5.74) is 6.30. The van der Waals surface area contributed by atoms with E-state index in [0.717, 1.165) is 35.8 Å². The number of aromatic nitrogens is 1. The van der Waals surface area contributed by atoms with Crippen LogP contribution in [0.15, 0.2) is 12.1 Å². The minimum Gasteiger partial charge on any atom is -0.393 e. The Labute approximate surface area is 114 Å². The summed E-state index contributed by atoms with van der Waals surface area (Å²) >= 11 is 1.54. The predicted octanol–water partition coefficient (Wildman–Crippen LogP) is 1.16. The van der Waals surface area contributed by atoms with Gasteiger partial charge in [0.2, 0.25) is 0 Å². The summed E-state index contributed by atoms with van der Waals surface area (Å²) < 4.78 is 0.939. The molecule has 1 aliphatic heterocycles. The Morgan fingerprint density at radius 1 is 1.53 bits per heavy atom. The Morgan fingerprint density at radius 3 is 2.95 bits per heavy atom. The van der Waals surface area contributed by atoms with Crippen molar-refractivity contribution < 1.29 is 9.90 Å². The zero-order chi connectivity index (χ0) is 13.4. The number of rotatable bonds is 2. The maximum absolute atomic E-state index is 11.4. The van der Waals surface area contributed by atoms with Gasteiger partial charge in [0.15, 0.2) is 5.13 Å². The number of thiazole rings is 1. The molecule has 2 aromatic rings. The number of benzene rings is 1. The molecule has 0 aliphatic carbocycles. The van der Waals surface area contributed by atoms with Crippen LogP contribution in [-0.2, 0) is 0 Å². The number of piperidine rings is 1. The topological polar surface area (TPSA) is 79.5 Å². The second kappa shape index (κ2) is 4.79. The van der Waals surface area contributed by atoms with Crippen LogP contribution in [0.5, 0.6) is 0 Å². The monoisotopic (exact) mass is 276 g/mol. The van der Waals surface area contributed by atoms with Crippen molar-refractivity contribution in [2.45, 2.75) is 18.9 Å². The molecule has 2 heterocycles. The molecule has 0 saturated carbocycles. The van der Waals surface area contributed by atoms with Gasteiger partial charge in [0.25, 0.3) is 5.91 Å². The maximum Gasteiger partial charge on any atom is 0.251 e. The van der Waals surface area contributed by atoms with E-state index < -0.39 is 5.91 Å². The van der Waals surface area contributed by atoms with Gasteiger partial charge in [0, 0.05) is 13.1 Å². The summed E-state index contributed by atoms with van der Waals surface area (Å²) in [6.45, 7) is 1.58. The summed E-state index contributed by atoms with van der Waals surface area (Å²) in [7, 11) is 0. The Kier molecular flexibility index (Phi) is 3.12. The number of aliphatic hydroxyl groups is 1. The first-order valence-electron chi connectivity index (χ1n) is 6.19. The van der Waals surface area contributed by atoms with Crippen LogP contribution >= 0.6 is 11.3 Å². The molecule has 0 unspecified atom stereocenters. The molecule has 19 heavy (non-hydrogen) atoms. The highest BCUT2D eigenvalue weighted by molar-refractivity contribution is 7.22. The number of primary amides is 1. The molecule has 5 nitrogen and oxygen atoms in total. The van der Waals surface area contributed by atoms with E-state index in [0.29, 0.717) is 11.1 Å². The van der Waals surface area contributed by atoms with Gasteiger partial charge in [-0.15, -0.1) is 0 Å². The van der Waals surface area contributed by atoms with E-state index >= 15 is 0 Å². The van der Waals surface area contributed by atoms with E-state index in [-0.39, 0.29) is 6.10 Å². The molecule has 6 heteroatoms. The van der Waals surface area contributed by atoms with Crippen LogP contribution in [0.3, 0.4) is 0 Å². The van der Waals surface area contributed by atoms with Crippen LogP contribution in [0.4, 0.5) is 5.13 Å². The minimum absolute atomic E-state index is 0.208. The Morgan fingerprint density at radius 2 is 2.26 bits per heavy atom. The first-order chi connectivity index (χ1) is 9.15. The van der Waals surface area contributed by atoms with E-state index in [4.69, 9.17) is 5.73 Å². The summed E-state index contributed by atoms with van der Waals surface area (Å²) in [6, 6.07) is 6.43. The van der Waals surface area contributed by atoms with Crippen LogP contribution < -0.4 is 10.6 Å². The van der Waals surface area contributed by atoms with Crippen LogP contribution in [0.25, 0.3) is 10.2 Å². The van der Waals surface area contributed by atoms with Gasteiger partial charge in [0.1, 0.15) is 0 Å². The maximum atomic E-state index is 11.4. The van der Waals surface area contributed by atoms with E-state index in [1.165, 1.54) is 0 Å². The number of aliphatic hydroxyl groups excluding tert-OH is 1. The Bertz CT molecular complexity index is 617. The van der Waals surface area contributed by atoms with Crippen molar-refractivity contribution in [2.24, 2.45) is 5.73 Å². The third-order valence-electron chi connectivity index (χ3n) is 3.32. The summed E-state index contributed by atoms with van der Waals surface area (Å²) in [6.07, 6.45) is 1.30. The number of nitrogens with zero attached hydrogens (tertiary/aromatic N) is 2. The standard InChI is InChI=1S/C13H14N3O2S/c14-12(18)9-2-1-3-10-11(9)15-13(19-10)16-6-4-8(17)5-7-16/h1,3,8,17H,4-7H2,(H2,14,18). The zero-order valence-corrected chi connectivity index (χ0v) is 11.1. The number of carbonyl (C=O) groups is 1. The second-order valence-electron chi connectivity index (χ2n) is 4.64. The fourth-order valence-electron chi connectivity index (χ4n) is 2.26. The number of amides is 1. The van der Waals surface area contributed by atoms with E-state index in [9.17, 15) is 9.90 Å². The quantitative estimate of drug-likeness (QED) is 0.862. The highest BCUT2D eigenvalue weighted by Gasteiger charge is 2.21. The SMILES string of the molecule is NC(=O)c1[c]ccc2sc(N3CCC(O)CC3)nc12. The molecule has 3 N–H and O–H groups in total. The van der Waals surface area contributed by atoms with Gasteiger partial charge >= 0.3 is 0 Å². The highest BCUT2D eigenvalue weighted by Crippen LogP contribution is 2.31. The third kappa shape index (κ3) is 2.29. The first-order valence-corrected chi connectivity index (χ1v) is 7.01. The van der Waals surface area contributed by atoms with Crippen molar-refractivity contribution in [1.29, 1.82) is 0 Å². The lowest BCUT2D eigenvalue weighted by Gasteiger charge is -2.28. The van der Waals surface area contributed by atoms with E-state index in [1.54, 1.807) is 17.4 Å². The van der Waals surface area contributed by atoms with Gasteiger partial charge in [-0.1, -0.05) is 17.4 Å². The first kappa shape index (κ1) is 12.4. The van der Waals surface area contributed by atoms with Crippen LogP contribution in [-0.4, -0.2) is 35.2 Å². The van der Waals surface area contributed by atoms with Crippen molar-refractivity contribution in [3.63, 3.8) is 0 Å². The third-order valence-corrected chi connectivity index (χ3v) is 4.40. The Balaban J connectivity index is 1.98. The van der Waals surface area contributed by atoms with Crippen LogP contribution in [0.2, 0.25) is 0 Å².